The number of primary amides is 1. The monoisotopic (exact) mass is 298 g/mol. The van der Waals surface area contributed by atoms with Gasteiger partial charge in [0.1, 0.15) is 5.75 Å². The van der Waals surface area contributed by atoms with Crippen molar-refractivity contribution >= 4 is 23.4 Å². The molecule has 0 saturated heterocycles. The second-order valence-corrected chi connectivity index (χ2v) is 5.33. The van der Waals surface area contributed by atoms with Crippen molar-refractivity contribution in [3.63, 3.8) is 0 Å². The summed E-state index contributed by atoms with van der Waals surface area (Å²) < 4.78 is 5.32. The van der Waals surface area contributed by atoms with E-state index in [1.807, 2.05) is 20.8 Å². The number of halogens is 1. The van der Waals surface area contributed by atoms with E-state index in [4.69, 9.17) is 22.1 Å². The van der Waals surface area contributed by atoms with Gasteiger partial charge in [-0.1, -0.05) is 25.4 Å². The fraction of sp³-hybridized carbons (Fsp3) is 0.429. The van der Waals surface area contributed by atoms with Gasteiger partial charge in [-0.25, -0.2) is 0 Å². The first-order chi connectivity index (χ1) is 9.31. The highest BCUT2D eigenvalue weighted by Crippen LogP contribution is 2.22. The van der Waals surface area contributed by atoms with Crippen molar-refractivity contribution in [3.8, 4) is 5.75 Å². The number of benzene rings is 1. The molecule has 1 aromatic rings. The Labute approximate surface area is 123 Å². The minimum absolute atomic E-state index is 0.0481. The SMILES string of the molecule is CC(C)C(C)NC(=O)COc1ccc(Cl)cc1C(N)=O. The highest BCUT2D eigenvalue weighted by atomic mass is 35.5. The summed E-state index contributed by atoms with van der Waals surface area (Å²) in [6.45, 7) is 5.76. The Hall–Kier alpha value is -1.75. The number of hydrogen-bond donors (Lipinski definition) is 2. The smallest absolute Gasteiger partial charge is 0.258 e. The third-order valence-electron chi connectivity index (χ3n) is 2.95. The van der Waals surface area contributed by atoms with Crippen molar-refractivity contribution in [3.05, 3.63) is 28.8 Å². The van der Waals surface area contributed by atoms with Crippen LogP contribution in [0.5, 0.6) is 5.75 Å². The van der Waals surface area contributed by atoms with Gasteiger partial charge in [-0.05, 0) is 31.0 Å². The Morgan fingerprint density at radius 3 is 2.55 bits per heavy atom. The molecule has 6 heteroatoms. The molecule has 0 aliphatic rings. The summed E-state index contributed by atoms with van der Waals surface area (Å²) in [7, 11) is 0. The first kappa shape index (κ1) is 16.3. The summed E-state index contributed by atoms with van der Waals surface area (Å²) in [5.41, 5.74) is 5.39. The highest BCUT2D eigenvalue weighted by Gasteiger charge is 2.14. The van der Waals surface area contributed by atoms with E-state index in [2.05, 4.69) is 5.32 Å². The topological polar surface area (TPSA) is 81.4 Å². The Morgan fingerprint density at radius 2 is 2.00 bits per heavy atom. The normalized spacial score (nSPS) is 12.1. The van der Waals surface area contributed by atoms with Crippen molar-refractivity contribution in [1.82, 2.24) is 5.32 Å². The van der Waals surface area contributed by atoms with Crippen LogP contribution in [0.2, 0.25) is 5.02 Å². The third kappa shape index (κ3) is 4.74. The van der Waals surface area contributed by atoms with Crippen molar-refractivity contribution in [1.29, 1.82) is 0 Å². The Balaban J connectivity index is 2.66. The maximum absolute atomic E-state index is 11.7. The zero-order valence-corrected chi connectivity index (χ0v) is 12.5. The quantitative estimate of drug-likeness (QED) is 0.842. The van der Waals surface area contributed by atoms with Gasteiger partial charge in [0, 0.05) is 11.1 Å². The lowest BCUT2D eigenvalue weighted by atomic mass is 10.1. The molecule has 110 valence electrons. The summed E-state index contributed by atoms with van der Waals surface area (Å²) >= 11 is 5.78. The van der Waals surface area contributed by atoms with Gasteiger partial charge in [0.15, 0.2) is 6.61 Å². The molecule has 0 heterocycles. The van der Waals surface area contributed by atoms with E-state index >= 15 is 0 Å². The zero-order chi connectivity index (χ0) is 15.3. The fourth-order valence-electron chi connectivity index (χ4n) is 1.43. The van der Waals surface area contributed by atoms with E-state index in [-0.39, 0.29) is 29.9 Å². The Kier molecular flexibility index (Phi) is 5.82. The average molecular weight is 299 g/mol. The van der Waals surface area contributed by atoms with Gasteiger partial charge in [0.05, 0.1) is 5.56 Å². The predicted molar refractivity (Wildman–Crippen MR) is 77.9 cm³/mol. The minimum Gasteiger partial charge on any atom is -0.483 e. The van der Waals surface area contributed by atoms with Gasteiger partial charge in [0.25, 0.3) is 11.8 Å². The van der Waals surface area contributed by atoms with Crippen LogP contribution in [0, 0.1) is 5.92 Å². The van der Waals surface area contributed by atoms with E-state index in [9.17, 15) is 9.59 Å². The van der Waals surface area contributed by atoms with Crippen LogP contribution in [0.15, 0.2) is 18.2 Å². The zero-order valence-electron chi connectivity index (χ0n) is 11.8. The van der Waals surface area contributed by atoms with Crippen LogP contribution in [-0.2, 0) is 4.79 Å². The maximum Gasteiger partial charge on any atom is 0.258 e. The highest BCUT2D eigenvalue weighted by molar-refractivity contribution is 6.31. The van der Waals surface area contributed by atoms with E-state index in [1.54, 1.807) is 6.07 Å². The molecule has 1 atom stereocenters. The summed E-state index contributed by atoms with van der Waals surface area (Å²) in [5, 5.41) is 3.18. The van der Waals surface area contributed by atoms with Crippen LogP contribution in [0.3, 0.4) is 0 Å². The number of carbonyl (C=O) groups excluding carboxylic acids is 2. The number of nitrogens with two attached hydrogens (primary N) is 1. The Bertz CT molecular complexity index is 503. The lowest BCUT2D eigenvalue weighted by Crippen LogP contribution is -2.39. The van der Waals surface area contributed by atoms with Crippen LogP contribution in [0.25, 0.3) is 0 Å². The lowest BCUT2D eigenvalue weighted by Gasteiger charge is -2.17. The molecular weight excluding hydrogens is 280 g/mol. The second-order valence-electron chi connectivity index (χ2n) is 4.89. The number of amides is 2. The number of nitrogens with one attached hydrogen (secondary N) is 1. The number of carbonyl (C=O) groups is 2. The average Bonchev–Trinajstić information content (AvgIpc) is 2.36. The van der Waals surface area contributed by atoms with Gasteiger partial charge < -0.3 is 15.8 Å². The predicted octanol–water partition coefficient (Wildman–Crippen LogP) is 1.98. The summed E-state index contributed by atoms with van der Waals surface area (Å²) in [4.78, 5) is 23.0. The second kappa shape index (κ2) is 7.14. The standard InChI is InChI=1S/C14H19ClN2O3/c1-8(2)9(3)17-13(18)7-20-12-5-4-10(15)6-11(12)14(16)19/h4-6,8-9H,7H2,1-3H3,(H2,16,19)(H,17,18). The van der Waals surface area contributed by atoms with Crippen molar-refractivity contribution in [2.24, 2.45) is 11.7 Å². The molecule has 3 N–H and O–H groups in total. The Morgan fingerprint density at radius 1 is 1.35 bits per heavy atom. The maximum atomic E-state index is 11.7. The summed E-state index contributed by atoms with van der Waals surface area (Å²) in [6, 6.07) is 4.54. The van der Waals surface area contributed by atoms with Crippen LogP contribution < -0.4 is 15.8 Å². The van der Waals surface area contributed by atoms with Crippen molar-refractivity contribution in [2.75, 3.05) is 6.61 Å². The lowest BCUT2D eigenvalue weighted by molar-refractivity contribution is -0.124. The summed E-state index contributed by atoms with van der Waals surface area (Å²) in [6.07, 6.45) is 0. The first-order valence-corrected chi connectivity index (χ1v) is 6.70. The van der Waals surface area contributed by atoms with Crippen LogP contribution in [-0.4, -0.2) is 24.5 Å². The third-order valence-corrected chi connectivity index (χ3v) is 3.19. The minimum atomic E-state index is -0.654. The molecule has 0 aromatic heterocycles. The molecule has 0 aliphatic carbocycles. The molecule has 2 amide bonds. The van der Waals surface area contributed by atoms with E-state index in [0.29, 0.717) is 10.9 Å². The molecular formula is C14H19ClN2O3. The molecule has 0 aliphatic heterocycles. The summed E-state index contributed by atoms with van der Waals surface area (Å²) in [5.74, 6) is -0.333. The van der Waals surface area contributed by atoms with Crippen molar-refractivity contribution < 1.29 is 14.3 Å². The first-order valence-electron chi connectivity index (χ1n) is 6.32. The van der Waals surface area contributed by atoms with Crippen LogP contribution in [0.4, 0.5) is 0 Å². The van der Waals surface area contributed by atoms with Gasteiger partial charge in [-0.3, -0.25) is 9.59 Å². The largest absolute Gasteiger partial charge is 0.483 e. The van der Waals surface area contributed by atoms with Crippen molar-refractivity contribution in [2.45, 2.75) is 26.8 Å². The molecule has 0 fully saturated rings. The molecule has 0 saturated carbocycles. The van der Waals surface area contributed by atoms with Crippen LogP contribution in [0.1, 0.15) is 31.1 Å². The van der Waals surface area contributed by atoms with Gasteiger partial charge in [-0.15, -0.1) is 0 Å². The molecule has 1 unspecified atom stereocenters. The molecule has 1 rings (SSSR count). The number of ether oxygens (including phenoxy) is 1. The van der Waals surface area contributed by atoms with E-state index in [1.165, 1.54) is 12.1 Å². The van der Waals surface area contributed by atoms with Gasteiger partial charge >= 0.3 is 0 Å². The fourth-order valence-corrected chi connectivity index (χ4v) is 1.60. The van der Waals surface area contributed by atoms with Gasteiger partial charge in [0.2, 0.25) is 0 Å². The number of hydrogen-bond acceptors (Lipinski definition) is 3. The van der Waals surface area contributed by atoms with Crippen LogP contribution >= 0.6 is 11.6 Å². The molecule has 5 nitrogen and oxygen atoms in total. The molecule has 0 radical (unpaired) electrons. The van der Waals surface area contributed by atoms with Gasteiger partial charge in [-0.2, -0.15) is 0 Å². The van der Waals surface area contributed by atoms with E-state index in [0.717, 1.165) is 0 Å². The molecule has 0 bridgehead atoms. The van der Waals surface area contributed by atoms with E-state index < -0.39 is 5.91 Å². The number of rotatable bonds is 6. The molecule has 0 spiro atoms. The molecule has 1 aromatic carbocycles. The molecule has 20 heavy (non-hydrogen) atoms.